The number of nitrogens with one attached hydrogen (secondary N) is 1. The van der Waals surface area contributed by atoms with Gasteiger partial charge in [0, 0.05) is 26.1 Å². The van der Waals surface area contributed by atoms with Gasteiger partial charge < -0.3 is 21.2 Å². The topological polar surface area (TPSA) is 108 Å². The highest BCUT2D eigenvalue weighted by atomic mass is 16.4. The molecule has 0 saturated carbocycles. The molecule has 0 bridgehead atoms. The van der Waals surface area contributed by atoms with Crippen LogP contribution in [0.2, 0.25) is 0 Å². The van der Waals surface area contributed by atoms with Crippen LogP contribution >= 0.6 is 0 Å². The van der Waals surface area contributed by atoms with Gasteiger partial charge in [0.2, 0.25) is 11.8 Å². The third-order valence-corrected chi connectivity index (χ3v) is 3.77. The van der Waals surface area contributed by atoms with Crippen molar-refractivity contribution in [2.24, 2.45) is 22.7 Å². The number of piperidine rings is 1. The summed E-state index contributed by atoms with van der Waals surface area (Å²) < 4.78 is 0. The highest BCUT2D eigenvalue weighted by Crippen LogP contribution is 2.20. The number of nitrogens with zero attached hydrogens (tertiary/aromatic N) is 2. The van der Waals surface area contributed by atoms with E-state index in [0.29, 0.717) is 32.4 Å². The second kappa shape index (κ2) is 7.72. The van der Waals surface area contributed by atoms with Crippen LogP contribution in [-0.2, 0) is 9.59 Å². The zero-order valence-electron chi connectivity index (χ0n) is 12.1. The average Bonchev–Trinajstić information content (AvgIpc) is 2.50. The predicted octanol–water partition coefficient (Wildman–Crippen LogP) is 0.134. The number of amides is 2. The second-order valence-corrected chi connectivity index (χ2v) is 5.08. The van der Waals surface area contributed by atoms with Gasteiger partial charge in [-0.1, -0.05) is 18.5 Å². The first kappa shape index (κ1) is 16.3. The number of hydrogen-bond donors (Lipinski definition) is 3. The van der Waals surface area contributed by atoms with Crippen LogP contribution < -0.4 is 11.1 Å². The van der Waals surface area contributed by atoms with Gasteiger partial charge in [0.1, 0.15) is 0 Å². The third-order valence-electron chi connectivity index (χ3n) is 3.77. The standard InChI is InChI=1S/C13H24N4O3/c1-3-4-10(11(14)16-20)13(19)17-7-5-9(6-8-17)12(18)15-2/h9-10,20H,3-8H2,1-2H3,(H2,14,16)(H,15,18). The number of rotatable bonds is 5. The summed E-state index contributed by atoms with van der Waals surface area (Å²) in [6.45, 7) is 3.02. The minimum absolute atomic E-state index is 0.0265. The van der Waals surface area contributed by atoms with Crippen molar-refractivity contribution in [2.75, 3.05) is 20.1 Å². The van der Waals surface area contributed by atoms with Gasteiger partial charge in [0.15, 0.2) is 5.84 Å². The number of amidine groups is 1. The first-order valence-corrected chi connectivity index (χ1v) is 7.02. The fourth-order valence-electron chi connectivity index (χ4n) is 2.54. The maximum Gasteiger partial charge on any atom is 0.233 e. The summed E-state index contributed by atoms with van der Waals surface area (Å²) >= 11 is 0. The van der Waals surface area contributed by atoms with Gasteiger partial charge in [-0.3, -0.25) is 9.59 Å². The van der Waals surface area contributed by atoms with Gasteiger partial charge in [0.05, 0.1) is 5.92 Å². The first-order chi connectivity index (χ1) is 9.54. The van der Waals surface area contributed by atoms with E-state index in [1.165, 1.54) is 0 Å². The zero-order chi connectivity index (χ0) is 15.1. The normalized spacial score (nSPS) is 18.7. The van der Waals surface area contributed by atoms with E-state index < -0.39 is 5.92 Å². The molecule has 0 aromatic heterocycles. The maximum atomic E-state index is 12.4. The minimum Gasteiger partial charge on any atom is -0.409 e. The number of carbonyl (C=O) groups excluding carboxylic acids is 2. The first-order valence-electron chi connectivity index (χ1n) is 7.02. The predicted molar refractivity (Wildman–Crippen MR) is 75.2 cm³/mol. The lowest BCUT2D eigenvalue weighted by molar-refractivity contribution is -0.137. The summed E-state index contributed by atoms with van der Waals surface area (Å²) in [5.74, 6) is -0.722. The van der Waals surface area contributed by atoms with E-state index in [1.54, 1.807) is 11.9 Å². The molecule has 20 heavy (non-hydrogen) atoms. The van der Waals surface area contributed by atoms with Crippen molar-refractivity contribution in [1.82, 2.24) is 10.2 Å². The third kappa shape index (κ3) is 3.85. The van der Waals surface area contributed by atoms with E-state index in [9.17, 15) is 9.59 Å². The Balaban J connectivity index is 2.62. The van der Waals surface area contributed by atoms with Crippen LogP contribution in [0.25, 0.3) is 0 Å². The van der Waals surface area contributed by atoms with E-state index >= 15 is 0 Å². The molecule has 7 nitrogen and oxygen atoms in total. The maximum absolute atomic E-state index is 12.4. The van der Waals surface area contributed by atoms with E-state index in [-0.39, 0.29) is 23.6 Å². The summed E-state index contributed by atoms with van der Waals surface area (Å²) in [5.41, 5.74) is 5.60. The van der Waals surface area contributed by atoms with Crippen LogP contribution in [0.15, 0.2) is 5.16 Å². The van der Waals surface area contributed by atoms with Crippen molar-refractivity contribution in [3.63, 3.8) is 0 Å². The molecule has 0 aromatic rings. The molecule has 0 spiro atoms. The molecule has 1 saturated heterocycles. The van der Waals surface area contributed by atoms with Gasteiger partial charge >= 0.3 is 0 Å². The van der Waals surface area contributed by atoms with Crippen molar-refractivity contribution < 1.29 is 14.8 Å². The Bertz CT molecular complexity index is 376. The molecular weight excluding hydrogens is 260 g/mol. The molecular formula is C13H24N4O3. The lowest BCUT2D eigenvalue weighted by Gasteiger charge is -2.33. The molecule has 1 fully saturated rings. The Hall–Kier alpha value is -1.79. The van der Waals surface area contributed by atoms with Crippen molar-refractivity contribution in [1.29, 1.82) is 0 Å². The molecule has 1 unspecified atom stereocenters. The lowest BCUT2D eigenvalue weighted by Crippen LogP contribution is -2.47. The second-order valence-electron chi connectivity index (χ2n) is 5.08. The van der Waals surface area contributed by atoms with Crippen molar-refractivity contribution in [3.8, 4) is 0 Å². The molecule has 7 heteroatoms. The van der Waals surface area contributed by atoms with Crippen LogP contribution in [0.3, 0.4) is 0 Å². The average molecular weight is 284 g/mol. The summed E-state index contributed by atoms with van der Waals surface area (Å²) in [5, 5.41) is 14.4. The Morgan fingerprint density at radius 3 is 2.50 bits per heavy atom. The van der Waals surface area contributed by atoms with Gasteiger partial charge in [-0.25, -0.2) is 0 Å². The number of likely N-dealkylation sites (tertiary alicyclic amines) is 1. The Labute approximate surface area is 119 Å². The van der Waals surface area contributed by atoms with Crippen molar-refractivity contribution in [3.05, 3.63) is 0 Å². The highest BCUT2D eigenvalue weighted by molar-refractivity contribution is 6.02. The van der Waals surface area contributed by atoms with Gasteiger partial charge in [-0.15, -0.1) is 0 Å². The minimum atomic E-state index is -0.568. The van der Waals surface area contributed by atoms with Crippen molar-refractivity contribution >= 4 is 17.6 Å². The molecule has 1 atom stereocenters. The molecule has 1 rings (SSSR count). The summed E-state index contributed by atoms with van der Waals surface area (Å²) in [7, 11) is 1.62. The molecule has 4 N–H and O–H groups in total. The molecule has 114 valence electrons. The smallest absolute Gasteiger partial charge is 0.233 e. The van der Waals surface area contributed by atoms with E-state index in [0.717, 1.165) is 6.42 Å². The fourth-order valence-corrected chi connectivity index (χ4v) is 2.54. The molecule has 1 heterocycles. The van der Waals surface area contributed by atoms with E-state index in [1.807, 2.05) is 6.92 Å². The SMILES string of the molecule is CCCC(C(=O)N1CCC(C(=O)NC)CC1)C(N)=NO. The van der Waals surface area contributed by atoms with Crippen molar-refractivity contribution in [2.45, 2.75) is 32.6 Å². The van der Waals surface area contributed by atoms with Gasteiger partial charge in [0.25, 0.3) is 0 Å². The largest absolute Gasteiger partial charge is 0.409 e. The quantitative estimate of drug-likeness (QED) is 0.289. The molecule has 0 aliphatic carbocycles. The van der Waals surface area contributed by atoms with E-state index in [4.69, 9.17) is 10.9 Å². The summed E-state index contributed by atoms with van der Waals surface area (Å²) in [6.07, 6.45) is 2.65. The van der Waals surface area contributed by atoms with E-state index in [2.05, 4.69) is 10.5 Å². The van der Waals surface area contributed by atoms with Crippen LogP contribution in [-0.4, -0.2) is 47.9 Å². The molecule has 0 radical (unpaired) electrons. The lowest BCUT2D eigenvalue weighted by atomic mass is 9.93. The number of nitrogens with two attached hydrogens (primary N) is 1. The molecule has 2 amide bonds. The zero-order valence-corrected chi connectivity index (χ0v) is 12.1. The number of hydrogen-bond acceptors (Lipinski definition) is 4. The number of carbonyl (C=O) groups is 2. The van der Waals surface area contributed by atoms with Gasteiger partial charge in [-0.2, -0.15) is 0 Å². The Morgan fingerprint density at radius 1 is 1.45 bits per heavy atom. The monoisotopic (exact) mass is 284 g/mol. The highest BCUT2D eigenvalue weighted by Gasteiger charge is 2.31. The summed E-state index contributed by atoms with van der Waals surface area (Å²) in [6, 6.07) is 0. The summed E-state index contributed by atoms with van der Waals surface area (Å²) in [4.78, 5) is 25.6. The van der Waals surface area contributed by atoms with Crippen LogP contribution in [0, 0.1) is 11.8 Å². The molecule has 1 aliphatic heterocycles. The van der Waals surface area contributed by atoms with Crippen LogP contribution in [0.1, 0.15) is 32.6 Å². The van der Waals surface area contributed by atoms with Crippen LogP contribution in [0.4, 0.5) is 0 Å². The van der Waals surface area contributed by atoms with Crippen LogP contribution in [0.5, 0.6) is 0 Å². The molecule has 0 aromatic carbocycles. The van der Waals surface area contributed by atoms with Gasteiger partial charge in [-0.05, 0) is 19.3 Å². The molecule has 1 aliphatic rings. The Morgan fingerprint density at radius 2 is 2.05 bits per heavy atom. The Kier molecular flexibility index (Phi) is 6.27. The number of oxime groups is 1. The fraction of sp³-hybridized carbons (Fsp3) is 0.769.